The van der Waals surface area contributed by atoms with Crippen LogP contribution in [0.15, 0.2) is 24.3 Å². The van der Waals surface area contributed by atoms with E-state index in [0.717, 1.165) is 18.6 Å². The van der Waals surface area contributed by atoms with Crippen LogP contribution in [0, 0.1) is 0 Å². The molecule has 0 aliphatic rings. The van der Waals surface area contributed by atoms with Crippen molar-refractivity contribution in [2.75, 3.05) is 18.9 Å². The van der Waals surface area contributed by atoms with Crippen molar-refractivity contribution in [2.24, 2.45) is 0 Å². The Morgan fingerprint density at radius 2 is 1.86 bits per heavy atom. The summed E-state index contributed by atoms with van der Waals surface area (Å²) in [5.74, 6) is -0.411. The van der Waals surface area contributed by atoms with Crippen molar-refractivity contribution in [3.63, 3.8) is 0 Å². The molecule has 0 fully saturated rings. The van der Waals surface area contributed by atoms with Gasteiger partial charge in [0.2, 0.25) is 0 Å². The monoisotopic (exact) mass is 292 g/mol. The molecule has 1 N–H and O–H groups in total. The second-order valence-electron chi connectivity index (χ2n) is 5.23. The molecule has 2 amide bonds. The van der Waals surface area contributed by atoms with Crippen molar-refractivity contribution in [3.05, 3.63) is 24.3 Å². The molecule has 5 heteroatoms. The molecule has 0 saturated carbocycles. The summed E-state index contributed by atoms with van der Waals surface area (Å²) >= 11 is 0. The number of ether oxygens (including phenoxy) is 1. The first-order valence-electron chi connectivity index (χ1n) is 7.27. The van der Waals surface area contributed by atoms with E-state index in [9.17, 15) is 9.59 Å². The number of unbranched alkanes of at least 4 members (excludes halogenated alkanes) is 1. The zero-order valence-electron chi connectivity index (χ0n) is 13.2. The van der Waals surface area contributed by atoms with Crippen molar-refractivity contribution in [1.29, 1.82) is 0 Å². The number of anilines is 1. The van der Waals surface area contributed by atoms with Crippen molar-refractivity contribution in [2.45, 2.75) is 39.7 Å². The fraction of sp³-hybridized carbons (Fsp3) is 0.500. The number of hydrogen-bond donors (Lipinski definition) is 1. The maximum Gasteiger partial charge on any atom is 0.313 e. The molecule has 0 saturated heterocycles. The average molecular weight is 292 g/mol. The zero-order valence-corrected chi connectivity index (χ0v) is 13.2. The molecule has 0 radical (unpaired) electrons. The molecule has 1 rings (SSSR count). The van der Waals surface area contributed by atoms with Crippen LogP contribution in [-0.4, -0.2) is 36.4 Å². The predicted molar refractivity (Wildman–Crippen MR) is 83.4 cm³/mol. The molecule has 0 atom stereocenters. The minimum atomic E-state index is -0.619. The summed E-state index contributed by atoms with van der Waals surface area (Å²) in [4.78, 5) is 25.1. The third kappa shape index (κ3) is 5.85. The predicted octanol–water partition coefficient (Wildman–Crippen LogP) is 2.67. The molecular formula is C16H24N2O3. The fourth-order valence-electron chi connectivity index (χ4n) is 1.74. The second kappa shape index (κ2) is 8.29. The van der Waals surface area contributed by atoms with Gasteiger partial charge in [-0.2, -0.15) is 0 Å². The maximum absolute atomic E-state index is 11.9. The molecule has 0 aliphatic carbocycles. The SMILES string of the molecule is CCCCN(C)C(=O)C(=O)Nc1ccc(OC(C)C)cc1. The van der Waals surface area contributed by atoms with Crippen molar-refractivity contribution in [3.8, 4) is 5.75 Å². The fourth-order valence-corrected chi connectivity index (χ4v) is 1.74. The van der Waals surface area contributed by atoms with Gasteiger partial charge in [0.15, 0.2) is 0 Å². The Kier molecular flexibility index (Phi) is 6.72. The topological polar surface area (TPSA) is 58.6 Å². The third-order valence-corrected chi connectivity index (χ3v) is 2.87. The normalized spacial score (nSPS) is 10.3. The van der Waals surface area contributed by atoms with Gasteiger partial charge in [0.05, 0.1) is 6.10 Å². The van der Waals surface area contributed by atoms with Crippen LogP contribution in [-0.2, 0) is 9.59 Å². The lowest BCUT2D eigenvalue weighted by Gasteiger charge is -2.16. The van der Waals surface area contributed by atoms with Crippen LogP contribution in [0.4, 0.5) is 5.69 Å². The minimum absolute atomic E-state index is 0.0965. The van der Waals surface area contributed by atoms with E-state index in [1.165, 1.54) is 4.90 Å². The highest BCUT2D eigenvalue weighted by molar-refractivity contribution is 6.39. The Morgan fingerprint density at radius 1 is 1.24 bits per heavy atom. The summed E-state index contributed by atoms with van der Waals surface area (Å²) in [7, 11) is 1.64. The number of nitrogens with one attached hydrogen (secondary N) is 1. The first-order chi connectivity index (χ1) is 9.93. The van der Waals surface area contributed by atoms with Gasteiger partial charge >= 0.3 is 11.8 Å². The highest BCUT2D eigenvalue weighted by Crippen LogP contribution is 2.16. The van der Waals surface area contributed by atoms with Crippen LogP contribution < -0.4 is 10.1 Å². The smallest absolute Gasteiger partial charge is 0.313 e. The quantitative estimate of drug-likeness (QED) is 0.820. The highest BCUT2D eigenvalue weighted by atomic mass is 16.5. The number of carbonyl (C=O) groups excluding carboxylic acids is 2. The minimum Gasteiger partial charge on any atom is -0.491 e. The number of benzene rings is 1. The molecule has 0 unspecified atom stereocenters. The molecule has 0 aliphatic heterocycles. The van der Waals surface area contributed by atoms with E-state index in [-0.39, 0.29) is 6.10 Å². The number of hydrogen-bond acceptors (Lipinski definition) is 3. The van der Waals surface area contributed by atoms with Gasteiger partial charge in [-0.05, 0) is 44.5 Å². The molecule has 1 aromatic carbocycles. The van der Waals surface area contributed by atoms with E-state index in [0.29, 0.717) is 12.2 Å². The van der Waals surface area contributed by atoms with Gasteiger partial charge in [-0.3, -0.25) is 9.59 Å². The van der Waals surface area contributed by atoms with Gasteiger partial charge in [-0.25, -0.2) is 0 Å². The van der Waals surface area contributed by atoms with Crippen LogP contribution >= 0.6 is 0 Å². The van der Waals surface area contributed by atoms with Crippen LogP contribution in [0.25, 0.3) is 0 Å². The van der Waals surface area contributed by atoms with Crippen LogP contribution in [0.3, 0.4) is 0 Å². The lowest BCUT2D eigenvalue weighted by atomic mass is 10.3. The lowest BCUT2D eigenvalue weighted by Crippen LogP contribution is -2.37. The highest BCUT2D eigenvalue weighted by Gasteiger charge is 2.18. The Balaban J connectivity index is 2.56. The van der Waals surface area contributed by atoms with E-state index >= 15 is 0 Å². The van der Waals surface area contributed by atoms with E-state index in [1.807, 2.05) is 20.8 Å². The Hall–Kier alpha value is -2.04. The summed E-state index contributed by atoms with van der Waals surface area (Å²) in [6, 6.07) is 6.96. The Labute approximate surface area is 126 Å². The molecule has 5 nitrogen and oxygen atoms in total. The van der Waals surface area contributed by atoms with Gasteiger partial charge in [0.25, 0.3) is 0 Å². The zero-order chi connectivity index (χ0) is 15.8. The van der Waals surface area contributed by atoms with E-state index in [4.69, 9.17) is 4.74 Å². The summed E-state index contributed by atoms with van der Waals surface area (Å²) in [6.07, 6.45) is 1.96. The summed E-state index contributed by atoms with van der Waals surface area (Å²) in [5.41, 5.74) is 0.577. The number of nitrogens with zero attached hydrogens (tertiary/aromatic N) is 1. The first-order valence-corrected chi connectivity index (χ1v) is 7.27. The van der Waals surface area contributed by atoms with Crippen molar-refractivity contribution >= 4 is 17.5 Å². The van der Waals surface area contributed by atoms with Crippen LogP contribution in [0.5, 0.6) is 5.75 Å². The first kappa shape index (κ1) is 17.0. The number of rotatable bonds is 6. The molecule has 0 aromatic heterocycles. The standard InChI is InChI=1S/C16H24N2O3/c1-5-6-11-18(4)16(20)15(19)17-13-7-9-14(10-8-13)21-12(2)3/h7-10,12H,5-6,11H2,1-4H3,(H,17,19). The van der Waals surface area contributed by atoms with Crippen molar-refractivity contribution in [1.82, 2.24) is 4.90 Å². The van der Waals surface area contributed by atoms with Gasteiger partial charge in [-0.15, -0.1) is 0 Å². The molecule has 0 bridgehead atoms. The Bertz CT molecular complexity index is 469. The molecular weight excluding hydrogens is 268 g/mol. The summed E-state index contributed by atoms with van der Waals surface area (Å²) in [6.45, 7) is 6.52. The van der Waals surface area contributed by atoms with Gasteiger partial charge in [0.1, 0.15) is 5.75 Å². The number of amides is 2. The lowest BCUT2D eigenvalue weighted by molar-refractivity contribution is -0.142. The molecule has 116 valence electrons. The Morgan fingerprint density at radius 3 is 2.38 bits per heavy atom. The number of carbonyl (C=O) groups is 2. The van der Waals surface area contributed by atoms with E-state index < -0.39 is 11.8 Å². The second-order valence-corrected chi connectivity index (χ2v) is 5.23. The van der Waals surface area contributed by atoms with Gasteiger partial charge in [-0.1, -0.05) is 13.3 Å². The largest absolute Gasteiger partial charge is 0.491 e. The molecule has 0 spiro atoms. The summed E-state index contributed by atoms with van der Waals surface area (Å²) in [5, 5.41) is 2.59. The van der Waals surface area contributed by atoms with E-state index in [2.05, 4.69) is 5.32 Å². The van der Waals surface area contributed by atoms with Crippen molar-refractivity contribution < 1.29 is 14.3 Å². The number of likely N-dealkylation sites (N-methyl/N-ethyl adjacent to an activating group) is 1. The van der Waals surface area contributed by atoms with Crippen LogP contribution in [0.2, 0.25) is 0 Å². The summed E-state index contributed by atoms with van der Waals surface area (Å²) < 4.78 is 5.52. The van der Waals surface area contributed by atoms with E-state index in [1.54, 1.807) is 31.3 Å². The third-order valence-electron chi connectivity index (χ3n) is 2.87. The maximum atomic E-state index is 11.9. The van der Waals surface area contributed by atoms with Gasteiger partial charge in [0, 0.05) is 19.3 Å². The molecule has 21 heavy (non-hydrogen) atoms. The van der Waals surface area contributed by atoms with Crippen LogP contribution in [0.1, 0.15) is 33.6 Å². The molecule has 1 aromatic rings. The van der Waals surface area contributed by atoms with Gasteiger partial charge < -0.3 is 15.0 Å². The average Bonchev–Trinajstić information content (AvgIpc) is 2.45. The molecule has 0 heterocycles.